The Morgan fingerprint density at radius 3 is 2.59 bits per heavy atom. The molecule has 0 aliphatic carbocycles. The van der Waals surface area contributed by atoms with Crippen molar-refractivity contribution in [1.29, 1.82) is 0 Å². The lowest BCUT2D eigenvalue weighted by atomic mass is 9.86. The number of nitrogens with two attached hydrogens (primary N) is 1. The first kappa shape index (κ1) is 15.8. The van der Waals surface area contributed by atoms with Crippen molar-refractivity contribution in [3.63, 3.8) is 0 Å². The van der Waals surface area contributed by atoms with E-state index in [9.17, 15) is 4.79 Å². The molecule has 3 N–H and O–H groups in total. The Morgan fingerprint density at radius 2 is 1.95 bits per heavy atom. The van der Waals surface area contributed by atoms with Crippen LogP contribution in [0.2, 0.25) is 0 Å². The van der Waals surface area contributed by atoms with Crippen LogP contribution in [-0.2, 0) is 10.2 Å². The maximum atomic E-state index is 11.9. The number of carbonyl (C=O) groups is 1. The number of carbonyl (C=O) groups excluding carboxylic acids is 1. The number of nitrogen functional groups attached to an aromatic ring is 1. The molecule has 0 aliphatic rings. The normalized spacial score (nSPS) is 11.0. The van der Waals surface area contributed by atoms with E-state index < -0.39 is 0 Å². The monoisotopic (exact) mass is 299 g/mol. The van der Waals surface area contributed by atoms with Gasteiger partial charge >= 0.3 is 0 Å². The molecule has 0 atom stereocenters. The smallest absolute Gasteiger partial charge is 0.262 e. The van der Waals surface area contributed by atoms with Crippen molar-refractivity contribution in [2.24, 2.45) is 0 Å². The molecule has 5 heteroatoms. The van der Waals surface area contributed by atoms with Crippen LogP contribution in [0.25, 0.3) is 0 Å². The summed E-state index contributed by atoms with van der Waals surface area (Å²) in [6.45, 7) is 6.26. The summed E-state index contributed by atoms with van der Waals surface area (Å²) in [5, 5.41) is 2.72. The number of anilines is 2. The van der Waals surface area contributed by atoms with Gasteiger partial charge in [-0.2, -0.15) is 0 Å². The summed E-state index contributed by atoms with van der Waals surface area (Å²) in [5.41, 5.74) is 7.11. The van der Waals surface area contributed by atoms with Gasteiger partial charge in [0.2, 0.25) is 0 Å². The molecule has 2 aromatic rings. The van der Waals surface area contributed by atoms with Crippen LogP contribution in [0.4, 0.5) is 11.5 Å². The van der Waals surface area contributed by atoms with Crippen molar-refractivity contribution in [2.75, 3.05) is 17.7 Å². The van der Waals surface area contributed by atoms with Crippen LogP contribution in [0.5, 0.6) is 5.75 Å². The quantitative estimate of drug-likeness (QED) is 0.910. The van der Waals surface area contributed by atoms with E-state index in [4.69, 9.17) is 10.5 Å². The van der Waals surface area contributed by atoms with Gasteiger partial charge in [0.1, 0.15) is 11.6 Å². The third kappa shape index (κ3) is 4.22. The first-order valence-corrected chi connectivity index (χ1v) is 7.10. The molecular formula is C17H21N3O2. The second-order valence-corrected chi connectivity index (χ2v) is 6.05. The van der Waals surface area contributed by atoms with Gasteiger partial charge in [0.15, 0.2) is 6.61 Å². The zero-order valence-corrected chi connectivity index (χ0v) is 13.1. The zero-order chi connectivity index (χ0) is 16.2. The van der Waals surface area contributed by atoms with E-state index >= 15 is 0 Å². The fourth-order valence-electron chi connectivity index (χ4n) is 2.03. The number of aromatic nitrogens is 1. The summed E-state index contributed by atoms with van der Waals surface area (Å²) in [5.74, 6) is 0.893. The molecule has 2 rings (SSSR count). The maximum Gasteiger partial charge on any atom is 0.262 e. The van der Waals surface area contributed by atoms with Gasteiger partial charge in [0.25, 0.3) is 5.91 Å². The lowest BCUT2D eigenvalue weighted by molar-refractivity contribution is -0.118. The van der Waals surface area contributed by atoms with Gasteiger partial charge in [-0.05, 0) is 29.2 Å². The first-order chi connectivity index (χ1) is 10.4. The molecular weight excluding hydrogens is 278 g/mol. The van der Waals surface area contributed by atoms with Crippen molar-refractivity contribution in [3.05, 3.63) is 48.2 Å². The number of pyridine rings is 1. The minimum Gasteiger partial charge on any atom is -0.483 e. The zero-order valence-electron chi connectivity index (χ0n) is 13.1. The van der Waals surface area contributed by atoms with E-state index in [1.54, 1.807) is 12.1 Å². The summed E-state index contributed by atoms with van der Waals surface area (Å²) < 4.78 is 5.66. The molecule has 0 spiro atoms. The molecule has 0 saturated carbocycles. The number of hydrogen-bond donors (Lipinski definition) is 2. The third-order valence-electron chi connectivity index (χ3n) is 3.12. The number of para-hydroxylation sites is 1. The molecule has 0 fully saturated rings. The van der Waals surface area contributed by atoms with E-state index in [-0.39, 0.29) is 17.9 Å². The highest BCUT2D eigenvalue weighted by atomic mass is 16.5. The molecule has 0 unspecified atom stereocenters. The van der Waals surface area contributed by atoms with Gasteiger partial charge in [-0.15, -0.1) is 0 Å². The molecule has 0 radical (unpaired) electrons. The molecule has 0 aliphatic heterocycles. The second-order valence-electron chi connectivity index (χ2n) is 6.05. The van der Waals surface area contributed by atoms with E-state index in [0.717, 1.165) is 11.3 Å². The Labute approximate surface area is 130 Å². The Bertz CT molecular complexity index is 646. The van der Waals surface area contributed by atoms with Gasteiger partial charge in [0, 0.05) is 0 Å². The molecule has 1 aromatic heterocycles. The largest absolute Gasteiger partial charge is 0.483 e. The van der Waals surface area contributed by atoms with Crippen molar-refractivity contribution in [3.8, 4) is 5.75 Å². The van der Waals surface area contributed by atoms with E-state index in [2.05, 4.69) is 31.1 Å². The van der Waals surface area contributed by atoms with Gasteiger partial charge in [-0.25, -0.2) is 4.98 Å². The average Bonchev–Trinajstić information content (AvgIpc) is 2.47. The predicted octanol–water partition coefficient (Wildman–Crippen LogP) is 2.98. The molecule has 1 aromatic carbocycles. The maximum absolute atomic E-state index is 11.9. The summed E-state index contributed by atoms with van der Waals surface area (Å²) in [4.78, 5) is 15.9. The second kappa shape index (κ2) is 6.47. The minimum absolute atomic E-state index is 0.0477. The lowest BCUT2D eigenvalue weighted by Crippen LogP contribution is -2.22. The fourth-order valence-corrected chi connectivity index (χ4v) is 2.03. The Kier molecular flexibility index (Phi) is 4.65. The van der Waals surface area contributed by atoms with Crippen molar-refractivity contribution in [1.82, 2.24) is 4.98 Å². The van der Waals surface area contributed by atoms with Crippen LogP contribution in [0.1, 0.15) is 26.3 Å². The van der Waals surface area contributed by atoms with Crippen molar-refractivity contribution in [2.45, 2.75) is 26.2 Å². The van der Waals surface area contributed by atoms with Crippen LogP contribution in [0.3, 0.4) is 0 Å². The van der Waals surface area contributed by atoms with Crippen LogP contribution in [0, 0.1) is 0 Å². The van der Waals surface area contributed by atoms with E-state index in [0.29, 0.717) is 11.5 Å². The van der Waals surface area contributed by atoms with Gasteiger partial charge in [-0.3, -0.25) is 4.79 Å². The van der Waals surface area contributed by atoms with Crippen LogP contribution < -0.4 is 15.8 Å². The Morgan fingerprint density at radius 1 is 1.23 bits per heavy atom. The highest BCUT2D eigenvalue weighted by Crippen LogP contribution is 2.30. The number of nitrogens with one attached hydrogen (secondary N) is 1. The number of ether oxygens (including phenoxy) is 1. The molecule has 1 heterocycles. The lowest BCUT2D eigenvalue weighted by Gasteiger charge is -2.22. The molecule has 5 nitrogen and oxygen atoms in total. The number of benzene rings is 1. The standard InChI is InChI=1S/C17H21N3O2/c1-17(2,3)13-6-4-5-7-14(13)22-11-16(21)20-12-8-9-15(18)19-10-12/h4-10H,11H2,1-3H3,(H2,18,19)(H,20,21). The van der Waals surface area contributed by atoms with E-state index in [1.807, 2.05) is 24.3 Å². The van der Waals surface area contributed by atoms with Gasteiger partial charge < -0.3 is 15.8 Å². The SMILES string of the molecule is CC(C)(C)c1ccccc1OCC(=O)Nc1ccc(N)nc1. The topological polar surface area (TPSA) is 77.2 Å². The summed E-state index contributed by atoms with van der Waals surface area (Å²) >= 11 is 0. The van der Waals surface area contributed by atoms with Crippen molar-refractivity contribution >= 4 is 17.4 Å². The number of rotatable bonds is 4. The number of nitrogens with zero attached hydrogens (tertiary/aromatic N) is 1. The third-order valence-corrected chi connectivity index (χ3v) is 3.12. The van der Waals surface area contributed by atoms with Crippen LogP contribution in [0.15, 0.2) is 42.6 Å². The Hall–Kier alpha value is -2.56. The number of amides is 1. The molecule has 0 bridgehead atoms. The molecule has 116 valence electrons. The first-order valence-electron chi connectivity index (χ1n) is 7.10. The molecule has 22 heavy (non-hydrogen) atoms. The van der Waals surface area contributed by atoms with Crippen molar-refractivity contribution < 1.29 is 9.53 Å². The van der Waals surface area contributed by atoms with E-state index in [1.165, 1.54) is 6.20 Å². The van der Waals surface area contributed by atoms with Crippen LogP contribution in [-0.4, -0.2) is 17.5 Å². The summed E-state index contributed by atoms with van der Waals surface area (Å²) in [7, 11) is 0. The molecule has 0 saturated heterocycles. The van der Waals surface area contributed by atoms with Gasteiger partial charge in [-0.1, -0.05) is 39.0 Å². The molecule has 1 amide bonds. The fraction of sp³-hybridized carbons (Fsp3) is 0.294. The highest BCUT2D eigenvalue weighted by molar-refractivity contribution is 5.91. The van der Waals surface area contributed by atoms with Crippen LogP contribution >= 0.6 is 0 Å². The predicted molar refractivity (Wildman–Crippen MR) is 87.9 cm³/mol. The highest BCUT2D eigenvalue weighted by Gasteiger charge is 2.18. The Balaban J connectivity index is 1.98. The average molecular weight is 299 g/mol. The number of hydrogen-bond acceptors (Lipinski definition) is 4. The summed E-state index contributed by atoms with van der Waals surface area (Å²) in [6.07, 6.45) is 1.51. The minimum atomic E-state index is -0.240. The summed E-state index contributed by atoms with van der Waals surface area (Å²) in [6, 6.07) is 11.1. The van der Waals surface area contributed by atoms with Gasteiger partial charge in [0.05, 0.1) is 11.9 Å².